The van der Waals surface area contributed by atoms with E-state index in [4.69, 9.17) is 0 Å². The van der Waals surface area contributed by atoms with Gasteiger partial charge < -0.3 is 5.11 Å². The smallest absolute Gasteiger partial charge is 0.269 e. The molecule has 0 radical (unpaired) electrons. The van der Waals surface area contributed by atoms with Crippen molar-refractivity contribution in [3.8, 4) is 0 Å². The van der Waals surface area contributed by atoms with Crippen LogP contribution in [0.25, 0.3) is 0 Å². The van der Waals surface area contributed by atoms with E-state index >= 15 is 0 Å². The number of alkyl halides is 2. The lowest BCUT2D eigenvalue weighted by molar-refractivity contribution is -0.385. The second kappa shape index (κ2) is 5.24. The zero-order valence-corrected chi connectivity index (χ0v) is 13.1. The van der Waals surface area contributed by atoms with Crippen LogP contribution >= 0.6 is 31.9 Å². The van der Waals surface area contributed by atoms with Crippen molar-refractivity contribution in [1.82, 2.24) is 0 Å². The number of non-ortho nitro benzene ring substituents is 1. The third kappa shape index (κ3) is 3.08. The number of aliphatic hydroxyl groups is 1. The lowest BCUT2D eigenvalue weighted by atomic mass is 10.1. The summed E-state index contributed by atoms with van der Waals surface area (Å²) < 4.78 is 21.2. The van der Waals surface area contributed by atoms with Crippen LogP contribution in [0, 0.1) is 10.1 Å². The Morgan fingerprint density at radius 1 is 1.44 bits per heavy atom. The molecule has 0 aliphatic rings. The summed E-state index contributed by atoms with van der Waals surface area (Å²) in [7, 11) is -3.67. The van der Waals surface area contributed by atoms with Crippen LogP contribution in [0.5, 0.6) is 0 Å². The van der Waals surface area contributed by atoms with E-state index in [-0.39, 0.29) is 11.3 Å². The molecule has 1 aromatic carbocycles. The molecule has 0 saturated heterocycles. The molecule has 0 heterocycles. The van der Waals surface area contributed by atoms with Gasteiger partial charge >= 0.3 is 0 Å². The van der Waals surface area contributed by atoms with E-state index in [0.29, 0.717) is 0 Å². The molecule has 6 nitrogen and oxygen atoms in total. The van der Waals surface area contributed by atoms with Crippen LogP contribution in [0.4, 0.5) is 5.69 Å². The fourth-order valence-corrected chi connectivity index (χ4v) is 2.28. The van der Waals surface area contributed by atoms with Gasteiger partial charge in [0, 0.05) is 18.4 Å². The van der Waals surface area contributed by atoms with E-state index in [9.17, 15) is 23.6 Å². The van der Waals surface area contributed by atoms with Gasteiger partial charge in [0.1, 0.15) is 6.10 Å². The third-order valence-electron chi connectivity index (χ3n) is 2.21. The monoisotopic (exact) mass is 401 g/mol. The molecule has 1 rings (SSSR count). The van der Waals surface area contributed by atoms with Crippen molar-refractivity contribution in [1.29, 1.82) is 0 Å². The molecular formula is C9H9Br2NO5S. The zero-order chi connectivity index (χ0) is 14.1. The summed E-state index contributed by atoms with van der Waals surface area (Å²) in [6.45, 7) is 0. The number of hydrogen-bond acceptors (Lipinski definition) is 5. The minimum Gasteiger partial charge on any atom is -0.385 e. The number of halogens is 2. The summed E-state index contributed by atoms with van der Waals surface area (Å²) in [4.78, 5) is 9.98. The summed E-state index contributed by atoms with van der Waals surface area (Å²) >= 11 is 5.75. The normalized spacial score (nSPS) is 14.2. The van der Waals surface area contributed by atoms with Gasteiger partial charge in [-0.3, -0.25) is 10.1 Å². The number of nitrogens with zero attached hydrogens (tertiary/aromatic N) is 1. The first-order valence-corrected chi connectivity index (χ1v) is 8.05. The van der Waals surface area contributed by atoms with E-state index < -0.39 is 23.4 Å². The van der Waals surface area contributed by atoms with E-state index in [2.05, 4.69) is 31.9 Å². The Balaban J connectivity index is 3.23. The molecule has 0 saturated carbocycles. The average molecular weight is 403 g/mol. The van der Waals surface area contributed by atoms with Crippen LogP contribution in [0.15, 0.2) is 24.3 Å². The van der Waals surface area contributed by atoms with E-state index in [1.165, 1.54) is 18.2 Å². The molecule has 0 aromatic heterocycles. The van der Waals surface area contributed by atoms with Gasteiger partial charge in [0.2, 0.25) is 2.57 Å². The second-order valence-electron chi connectivity index (χ2n) is 3.59. The van der Waals surface area contributed by atoms with Gasteiger partial charge in [-0.1, -0.05) is 44.0 Å². The fraction of sp³-hybridized carbons (Fsp3) is 0.333. The molecule has 1 unspecified atom stereocenters. The lowest BCUT2D eigenvalue weighted by Crippen LogP contribution is -2.31. The van der Waals surface area contributed by atoms with Crippen LogP contribution in [-0.4, -0.2) is 27.3 Å². The molecule has 1 atom stereocenters. The molecule has 0 aliphatic heterocycles. The van der Waals surface area contributed by atoms with Crippen LogP contribution in [0.2, 0.25) is 0 Å². The zero-order valence-electron chi connectivity index (χ0n) is 9.08. The Hall–Kier alpha value is -0.510. The number of nitro groups is 1. The van der Waals surface area contributed by atoms with E-state index in [1.807, 2.05) is 0 Å². The molecule has 0 amide bonds. The average Bonchev–Trinajstić information content (AvgIpc) is 2.26. The van der Waals surface area contributed by atoms with Crippen molar-refractivity contribution < 1.29 is 18.4 Å². The number of aliphatic hydroxyl groups excluding tert-OH is 1. The van der Waals surface area contributed by atoms with Crippen LogP contribution in [-0.2, 0) is 9.84 Å². The molecule has 1 N–H and O–H groups in total. The maximum atomic E-state index is 11.5. The Bertz CT molecular complexity index is 572. The number of sulfone groups is 1. The highest BCUT2D eigenvalue weighted by Gasteiger charge is 2.43. The second-order valence-corrected chi connectivity index (χ2v) is 10.4. The molecule has 0 fully saturated rings. The van der Waals surface area contributed by atoms with Crippen LogP contribution in [0.3, 0.4) is 0 Å². The predicted octanol–water partition coefficient (Wildman–Crippen LogP) is 2.12. The van der Waals surface area contributed by atoms with Crippen molar-refractivity contribution in [2.75, 3.05) is 6.26 Å². The maximum absolute atomic E-state index is 11.5. The summed E-state index contributed by atoms with van der Waals surface area (Å²) in [5.74, 6) is 0. The maximum Gasteiger partial charge on any atom is 0.269 e. The van der Waals surface area contributed by atoms with E-state index in [0.717, 1.165) is 12.3 Å². The van der Waals surface area contributed by atoms with Crippen molar-refractivity contribution in [3.63, 3.8) is 0 Å². The summed E-state index contributed by atoms with van der Waals surface area (Å²) in [5.41, 5.74) is -0.112. The highest BCUT2D eigenvalue weighted by Crippen LogP contribution is 2.44. The Morgan fingerprint density at radius 3 is 2.44 bits per heavy atom. The molecule has 0 bridgehead atoms. The Morgan fingerprint density at radius 2 is 2.00 bits per heavy atom. The third-order valence-corrected chi connectivity index (χ3v) is 7.82. The number of hydrogen-bond donors (Lipinski definition) is 1. The largest absolute Gasteiger partial charge is 0.385 e. The summed E-state index contributed by atoms with van der Waals surface area (Å²) in [6, 6.07) is 5.14. The first-order valence-electron chi connectivity index (χ1n) is 4.57. The van der Waals surface area contributed by atoms with Gasteiger partial charge in [0.25, 0.3) is 5.69 Å². The van der Waals surface area contributed by atoms with Crippen LogP contribution < -0.4 is 0 Å². The minimum atomic E-state index is -3.67. The molecule has 1 aromatic rings. The number of nitro benzene ring substituents is 1. The van der Waals surface area contributed by atoms with Gasteiger partial charge in [-0.25, -0.2) is 8.42 Å². The van der Waals surface area contributed by atoms with Crippen molar-refractivity contribution in [3.05, 3.63) is 39.9 Å². The topological polar surface area (TPSA) is 97.5 Å². The van der Waals surface area contributed by atoms with Crippen molar-refractivity contribution in [2.24, 2.45) is 0 Å². The van der Waals surface area contributed by atoms with Crippen molar-refractivity contribution >= 4 is 47.4 Å². The highest BCUT2D eigenvalue weighted by molar-refractivity contribution is 9.27. The highest BCUT2D eigenvalue weighted by atomic mass is 79.9. The first kappa shape index (κ1) is 15.5. The van der Waals surface area contributed by atoms with Gasteiger partial charge in [-0.05, 0) is 5.56 Å². The molecule has 18 heavy (non-hydrogen) atoms. The fourth-order valence-electron chi connectivity index (χ4n) is 1.21. The van der Waals surface area contributed by atoms with Gasteiger partial charge in [-0.15, -0.1) is 0 Å². The van der Waals surface area contributed by atoms with Gasteiger partial charge in [-0.2, -0.15) is 0 Å². The number of rotatable bonds is 4. The first-order chi connectivity index (χ1) is 8.07. The SMILES string of the molecule is CS(=O)(=O)C(Br)(Br)C(O)c1cccc([N+](=O)[O-])c1. The number of benzene rings is 1. The van der Waals surface area contributed by atoms with Crippen molar-refractivity contribution in [2.45, 2.75) is 8.67 Å². The standard InChI is InChI=1S/C9H9Br2NO5S/c1-18(16,17)9(10,11)8(13)6-3-2-4-7(5-6)12(14)15/h2-5,8,13H,1H3. The molecule has 0 spiro atoms. The van der Waals surface area contributed by atoms with Gasteiger partial charge in [0.15, 0.2) is 9.84 Å². The minimum absolute atomic E-state index is 0.114. The quantitative estimate of drug-likeness (QED) is 0.472. The van der Waals surface area contributed by atoms with Gasteiger partial charge in [0.05, 0.1) is 4.92 Å². The summed E-state index contributed by atoms with van der Waals surface area (Å²) in [5, 5.41) is 20.6. The van der Waals surface area contributed by atoms with E-state index in [1.54, 1.807) is 0 Å². The Labute approximate surface area is 120 Å². The molecule has 0 aliphatic carbocycles. The molecule has 100 valence electrons. The Kier molecular flexibility index (Phi) is 4.52. The predicted molar refractivity (Wildman–Crippen MR) is 73.5 cm³/mol. The lowest BCUT2D eigenvalue weighted by Gasteiger charge is -2.24. The molecule has 9 heteroatoms. The van der Waals surface area contributed by atoms with Crippen LogP contribution in [0.1, 0.15) is 11.7 Å². The molecular weight excluding hydrogens is 394 g/mol. The summed E-state index contributed by atoms with van der Waals surface area (Å²) in [6.07, 6.45) is -0.565.